The second-order valence-electron chi connectivity index (χ2n) is 7.32. The van der Waals surface area contributed by atoms with Crippen molar-refractivity contribution in [1.82, 2.24) is 0 Å². The predicted molar refractivity (Wildman–Crippen MR) is 106 cm³/mol. The SMILES string of the molecule is CCc1cc(O)cc(CC)c1C(C)(c1c(CC)cc(O)cc1CC)C(F)(F)F. The number of aryl methyl sites for hydroxylation is 4. The van der Waals surface area contributed by atoms with Crippen LogP contribution in [0, 0.1) is 0 Å². The van der Waals surface area contributed by atoms with Crippen LogP contribution in [0.1, 0.15) is 68.0 Å². The van der Waals surface area contributed by atoms with E-state index in [1.807, 2.05) is 0 Å². The highest BCUT2D eigenvalue weighted by Gasteiger charge is 2.56. The molecule has 5 heteroatoms. The summed E-state index contributed by atoms with van der Waals surface area (Å²) in [6, 6.07) is 5.76. The molecule has 2 N–H and O–H groups in total. The van der Waals surface area contributed by atoms with Gasteiger partial charge in [-0.25, -0.2) is 0 Å². The molecule has 0 aliphatic carbocycles. The van der Waals surface area contributed by atoms with Crippen LogP contribution in [0.25, 0.3) is 0 Å². The van der Waals surface area contributed by atoms with Crippen molar-refractivity contribution in [2.24, 2.45) is 0 Å². The topological polar surface area (TPSA) is 40.5 Å². The van der Waals surface area contributed by atoms with E-state index in [9.17, 15) is 23.4 Å². The van der Waals surface area contributed by atoms with Crippen molar-refractivity contribution in [3.05, 3.63) is 57.6 Å². The van der Waals surface area contributed by atoms with Gasteiger partial charge in [0.1, 0.15) is 16.9 Å². The van der Waals surface area contributed by atoms with Crippen molar-refractivity contribution in [2.75, 3.05) is 0 Å². The van der Waals surface area contributed by atoms with Gasteiger partial charge in [-0.3, -0.25) is 0 Å². The van der Waals surface area contributed by atoms with Crippen LogP contribution in [0.15, 0.2) is 24.3 Å². The molecule has 2 rings (SSSR count). The molecule has 0 radical (unpaired) electrons. The Hall–Kier alpha value is -2.17. The van der Waals surface area contributed by atoms with Gasteiger partial charge >= 0.3 is 6.18 Å². The minimum absolute atomic E-state index is 0.0147. The summed E-state index contributed by atoms with van der Waals surface area (Å²) in [5.41, 5.74) is 0.170. The summed E-state index contributed by atoms with van der Waals surface area (Å²) in [5.74, 6) is -0.0294. The van der Waals surface area contributed by atoms with Crippen LogP contribution in [-0.2, 0) is 31.1 Å². The summed E-state index contributed by atoms with van der Waals surface area (Å²) in [4.78, 5) is 0. The van der Waals surface area contributed by atoms with Gasteiger partial charge in [-0.05, 0) is 90.3 Å². The molecule has 0 fully saturated rings. The number of rotatable bonds is 6. The van der Waals surface area contributed by atoms with Crippen molar-refractivity contribution in [1.29, 1.82) is 0 Å². The lowest BCUT2D eigenvalue weighted by Gasteiger charge is -2.39. The minimum atomic E-state index is -4.55. The zero-order chi connectivity index (χ0) is 21.3. The summed E-state index contributed by atoms with van der Waals surface area (Å²) in [6.45, 7) is 8.43. The minimum Gasteiger partial charge on any atom is -0.508 e. The van der Waals surface area contributed by atoms with Gasteiger partial charge in [-0.15, -0.1) is 0 Å². The average molecular weight is 394 g/mol. The van der Waals surface area contributed by atoms with E-state index in [0.717, 1.165) is 0 Å². The van der Waals surface area contributed by atoms with Crippen LogP contribution < -0.4 is 0 Å². The number of benzene rings is 2. The predicted octanol–water partition coefficient (Wildman–Crippen LogP) is 6.22. The molecule has 2 aromatic carbocycles. The van der Waals surface area contributed by atoms with Gasteiger partial charge < -0.3 is 10.2 Å². The Morgan fingerprint density at radius 1 is 0.643 bits per heavy atom. The summed E-state index contributed by atoms with van der Waals surface area (Å²) in [7, 11) is 0. The van der Waals surface area contributed by atoms with E-state index >= 15 is 0 Å². The number of alkyl halides is 3. The molecule has 0 amide bonds. The summed E-state index contributed by atoms with van der Waals surface area (Å²) >= 11 is 0. The first-order valence-electron chi connectivity index (χ1n) is 9.82. The normalized spacial score (nSPS) is 12.4. The molecule has 0 unspecified atom stereocenters. The van der Waals surface area contributed by atoms with Gasteiger partial charge in [0.25, 0.3) is 0 Å². The van der Waals surface area contributed by atoms with Crippen molar-refractivity contribution < 1.29 is 23.4 Å². The van der Waals surface area contributed by atoms with E-state index in [-0.39, 0.29) is 22.6 Å². The first kappa shape index (κ1) is 22.1. The van der Waals surface area contributed by atoms with Gasteiger partial charge in [0.15, 0.2) is 0 Å². The molecule has 0 spiro atoms. The molecule has 0 atom stereocenters. The molecule has 28 heavy (non-hydrogen) atoms. The van der Waals surface area contributed by atoms with E-state index in [1.54, 1.807) is 27.7 Å². The van der Waals surface area contributed by atoms with Gasteiger partial charge in [0.05, 0.1) is 0 Å². The van der Waals surface area contributed by atoms with Crippen LogP contribution in [-0.4, -0.2) is 16.4 Å². The van der Waals surface area contributed by atoms with Crippen molar-refractivity contribution in [3.8, 4) is 11.5 Å². The van der Waals surface area contributed by atoms with Crippen LogP contribution in [0.2, 0.25) is 0 Å². The summed E-state index contributed by atoms with van der Waals surface area (Å²) < 4.78 is 44.5. The molecule has 0 aromatic heterocycles. The molecule has 2 aromatic rings. The zero-order valence-electron chi connectivity index (χ0n) is 17.2. The number of hydrogen-bond acceptors (Lipinski definition) is 2. The van der Waals surface area contributed by atoms with Crippen molar-refractivity contribution in [2.45, 2.75) is 71.9 Å². The summed E-state index contributed by atoms with van der Waals surface area (Å²) in [6.07, 6.45) is -3.04. The first-order valence-corrected chi connectivity index (χ1v) is 9.82. The highest BCUT2D eigenvalue weighted by atomic mass is 19.4. The number of phenols is 2. The number of phenolic OH excluding ortho intramolecular Hbond substituents is 2. The Morgan fingerprint density at radius 2 is 0.893 bits per heavy atom. The van der Waals surface area contributed by atoms with Crippen LogP contribution >= 0.6 is 0 Å². The smallest absolute Gasteiger partial charge is 0.402 e. The van der Waals surface area contributed by atoms with E-state index in [4.69, 9.17) is 0 Å². The number of aromatic hydroxyl groups is 2. The fraction of sp³-hybridized carbons (Fsp3) is 0.478. The van der Waals surface area contributed by atoms with Gasteiger partial charge in [0.2, 0.25) is 0 Å². The van der Waals surface area contributed by atoms with Crippen molar-refractivity contribution >= 4 is 0 Å². The Bertz CT molecular complexity index is 742. The molecule has 154 valence electrons. The van der Waals surface area contributed by atoms with Gasteiger partial charge in [-0.2, -0.15) is 13.2 Å². The van der Waals surface area contributed by atoms with E-state index < -0.39 is 11.6 Å². The Morgan fingerprint density at radius 3 is 1.07 bits per heavy atom. The second-order valence-corrected chi connectivity index (χ2v) is 7.32. The van der Waals surface area contributed by atoms with E-state index in [2.05, 4.69) is 0 Å². The maximum Gasteiger partial charge on any atom is 0.402 e. The number of hydrogen-bond donors (Lipinski definition) is 2. The zero-order valence-corrected chi connectivity index (χ0v) is 17.2. The van der Waals surface area contributed by atoms with Crippen LogP contribution in [0.3, 0.4) is 0 Å². The fourth-order valence-electron chi connectivity index (χ4n) is 4.31. The number of halogens is 3. The van der Waals surface area contributed by atoms with Crippen LogP contribution in [0.4, 0.5) is 13.2 Å². The average Bonchev–Trinajstić information content (AvgIpc) is 2.64. The largest absolute Gasteiger partial charge is 0.508 e. The molecule has 0 aliphatic rings. The third-order valence-electron chi connectivity index (χ3n) is 5.66. The van der Waals surface area contributed by atoms with Gasteiger partial charge in [0, 0.05) is 0 Å². The third kappa shape index (κ3) is 3.59. The molecular weight excluding hydrogens is 365 g/mol. The Kier molecular flexibility index (Phi) is 6.37. The standard InChI is InChI=1S/C23H29F3O2/c1-6-14-10-18(27)11-15(7-2)20(14)22(5,23(24,25)26)21-16(8-3)12-19(28)13-17(21)9-4/h10-13,27-28H,6-9H2,1-5H3. The molecule has 0 saturated carbocycles. The quantitative estimate of drug-likeness (QED) is 0.611. The lowest BCUT2D eigenvalue weighted by atomic mass is 9.67. The van der Waals surface area contributed by atoms with Crippen molar-refractivity contribution in [3.63, 3.8) is 0 Å². The highest BCUT2D eigenvalue weighted by molar-refractivity contribution is 5.57. The molecule has 0 saturated heterocycles. The van der Waals surface area contributed by atoms with E-state index in [1.165, 1.54) is 31.2 Å². The lowest BCUT2D eigenvalue weighted by molar-refractivity contribution is -0.173. The van der Waals surface area contributed by atoms with E-state index in [0.29, 0.717) is 47.9 Å². The maximum absolute atomic E-state index is 14.8. The Balaban J connectivity index is 3.07. The molecule has 0 aliphatic heterocycles. The Labute approximate surface area is 165 Å². The monoisotopic (exact) mass is 394 g/mol. The molecule has 2 nitrogen and oxygen atoms in total. The highest BCUT2D eigenvalue weighted by Crippen LogP contribution is 2.52. The van der Waals surface area contributed by atoms with Crippen LogP contribution in [0.5, 0.6) is 11.5 Å². The lowest BCUT2D eigenvalue weighted by Crippen LogP contribution is -2.43. The third-order valence-corrected chi connectivity index (χ3v) is 5.66. The fourth-order valence-corrected chi connectivity index (χ4v) is 4.31. The molecule has 0 bridgehead atoms. The molecular formula is C23H29F3O2. The van der Waals surface area contributed by atoms with Gasteiger partial charge in [-0.1, -0.05) is 27.7 Å². The second kappa shape index (κ2) is 8.06. The summed E-state index contributed by atoms with van der Waals surface area (Å²) in [5, 5.41) is 20.1. The maximum atomic E-state index is 14.8. The first-order chi connectivity index (χ1) is 13.0. The molecule has 0 heterocycles.